The second-order valence-electron chi connectivity index (χ2n) is 6.02. The fourth-order valence-electron chi connectivity index (χ4n) is 2.48. The summed E-state index contributed by atoms with van der Waals surface area (Å²) in [5.74, 6) is -3.18. The van der Waals surface area contributed by atoms with E-state index in [1.54, 1.807) is 6.92 Å². The largest absolute Gasteiger partial charge is 0.480 e. The second-order valence-corrected chi connectivity index (χ2v) is 7.04. The Balaban J connectivity index is 2.43. The van der Waals surface area contributed by atoms with Gasteiger partial charge in [-0.3, -0.25) is 4.79 Å². The van der Waals surface area contributed by atoms with Gasteiger partial charge in [-0.05, 0) is 31.9 Å². The van der Waals surface area contributed by atoms with Gasteiger partial charge in [-0.1, -0.05) is 6.92 Å². The zero-order valence-electron chi connectivity index (χ0n) is 16.3. The van der Waals surface area contributed by atoms with E-state index < -0.39 is 29.9 Å². The molecular formula is C18H21N3O7S. The molecule has 2 rings (SSSR count). The smallest absolute Gasteiger partial charge is 0.348 e. The van der Waals surface area contributed by atoms with Crippen molar-refractivity contribution in [1.29, 1.82) is 0 Å². The molecule has 0 bridgehead atoms. The van der Waals surface area contributed by atoms with Crippen molar-refractivity contribution in [3.05, 3.63) is 34.0 Å². The number of aromatic nitrogens is 2. The number of carbonyl (C=O) groups excluding carboxylic acids is 3. The van der Waals surface area contributed by atoms with Crippen LogP contribution in [0.1, 0.15) is 62.4 Å². The second kappa shape index (κ2) is 9.32. The molecule has 0 aliphatic carbocycles. The summed E-state index contributed by atoms with van der Waals surface area (Å²) >= 11 is 0.873. The molecule has 2 heterocycles. The third-order valence-electron chi connectivity index (χ3n) is 4.01. The molecule has 0 fully saturated rings. The number of nitrogens with one attached hydrogen (secondary N) is 1. The molecule has 0 radical (unpaired) electrons. The number of methoxy groups -OCH3 is 1. The molecule has 2 aromatic rings. The summed E-state index contributed by atoms with van der Waals surface area (Å²) in [7, 11) is 1.21. The van der Waals surface area contributed by atoms with E-state index >= 15 is 0 Å². The molecule has 29 heavy (non-hydrogen) atoms. The van der Waals surface area contributed by atoms with Crippen molar-refractivity contribution < 1.29 is 33.8 Å². The van der Waals surface area contributed by atoms with Crippen LogP contribution in [0.15, 0.2) is 12.3 Å². The molecule has 2 aromatic heterocycles. The molecule has 1 amide bonds. The third kappa shape index (κ3) is 4.62. The number of ether oxygens (including phenoxy) is 2. The standard InChI is InChI=1S/C18H21N3O7S/c1-5-8-28-17(25)12-9(2)13(18(26)27-4)29-15(12)20-14(22)11-6-7-19-21(11)10(3)16(23)24/h6-7,10H,5,8H2,1-4H3,(H,20,22)(H,23,24). The molecule has 1 unspecified atom stereocenters. The Morgan fingerprint density at radius 3 is 2.59 bits per heavy atom. The van der Waals surface area contributed by atoms with Crippen molar-refractivity contribution in [3.8, 4) is 0 Å². The molecule has 0 aliphatic heterocycles. The summed E-state index contributed by atoms with van der Waals surface area (Å²) in [5, 5.41) is 15.7. The minimum atomic E-state index is -1.16. The Morgan fingerprint density at radius 1 is 1.31 bits per heavy atom. The summed E-state index contributed by atoms with van der Waals surface area (Å²) < 4.78 is 10.9. The van der Waals surface area contributed by atoms with Gasteiger partial charge >= 0.3 is 17.9 Å². The van der Waals surface area contributed by atoms with Crippen LogP contribution >= 0.6 is 11.3 Å². The summed E-state index contributed by atoms with van der Waals surface area (Å²) in [6, 6.07) is 0.279. The number of aliphatic carboxylic acids is 1. The molecule has 10 nitrogen and oxygen atoms in total. The Bertz CT molecular complexity index is 947. The normalized spacial score (nSPS) is 11.6. The first-order chi connectivity index (χ1) is 13.7. The summed E-state index contributed by atoms with van der Waals surface area (Å²) in [4.78, 5) is 48.6. The molecule has 0 aromatic carbocycles. The van der Waals surface area contributed by atoms with Gasteiger partial charge in [-0.2, -0.15) is 5.10 Å². The first-order valence-electron chi connectivity index (χ1n) is 8.69. The lowest BCUT2D eigenvalue weighted by Crippen LogP contribution is -2.24. The van der Waals surface area contributed by atoms with Crippen LogP contribution in [0, 0.1) is 6.92 Å². The molecule has 0 spiro atoms. The summed E-state index contributed by atoms with van der Waals surface area (Å²) in [5.41, 5.74) is 0.360. The zero-order valence-corrected chi connectivity index (χ0v) is 17.2. The predicted octanol–water partition coefficient (Wildman–Crippen LogP) is 2.50. The molecular weight excluding hydrogens is 402 g/mol. The van der Waals surface area contributed by atoms with Gasteiger partial charge in [-0.25, -0.2) is 19.1 Å². The highest BCUT2D eigenvalue weighted by atomic mass is 32.1. The van der Waals surface area contributed by atoms with Gasteiger partial charge in [0.2, 0.25) is 0 Å². The molecule has 0 saturated carbocycles. The van der Waals surface area contributed by atoms with E-state index in [-0.39, 0.29) is 27.7 Å². The van der Waals surface area contributed by atoms with Crippen LogP contribution in [0.25, 0.3) is 0 Å². The van der Waals surface area contributed by atoms with E-state index in [1.165, 1.54) is 26.3 Å². The van der Waals surface area contributed by atoms with Crippen LogP contribution in [0.4, 0.5) is 5.00 Å². The highest BCUT2D eigenvalue weighted by molar-refractivity contribution is 7.18. The number of esters is 2. The van der Waals surface area contributed by atoms with Gasteiger partial charge in [0.1, 0.15) is 21.6 Å². The van der Waals surface area contributed by atoms with Crippen molar-refractivity contribution in [3.63, 3.8) is 0 Å². The minimum absolute atomic E-state index is 0.0153. The SMILES string of the molecule is CCCOC(=O)c1c(NC(=O)c2ccnn2C(C)C(=O)O)sc(C(=O)OC)c1C. The molecule has 0 aliphatic rings. The maximum atomic E-state index is 12.7. The van der Waals surface area contributed by atoms with Crippen LogP contribution in [-0.2, 0) is 14.3 Å². The van der Waals surface area contributed by atoms with Gasteiger partial charge in [-0.15, -0.1) is 11.3 Å². The fourth-order valence-corrected chi connectivity index (χ4v) is 3.58. The van der Waals surface area contributed by atoms with Crippen molar-refractivity contribution in [2.75, 3.05) is 19.0 Å². The monoisotopic (exact) mass is 423 g/mol. The molecule has 1 atom stereocenters. The number of amides is 1. The van der Waals surface area contributed by atoms with E-state index in [0.717, 1.165) is 16.0 Å². The number of rotatable bonds is 8. The maximum absolute atomic E-state index is 12.7. The minimum Gasteiger partial charge on any atom is -0.480 e. The predicted molar refractivity (Wildman–Crippen MR) is 103 cm³/mol. The van der Waals surface area contributed by atoms with Gasteiger partial charge in [0.05, 0.1) is 19.3 Å². The number of carbonyl (C=O) groups is 4. The van der Waals surface area contributed by atoms with Crippen LogP contribution in [0.2, 0.25) is 0 Å². The average molecular weight is 423 g/mol. The maximum Gasteiger partial charge on any atom is 0.348 e. The Kier molecular flexibility index (Phi) is 7.10. The molecule has 2 N–H and O–H groups in total. The number of anilines is 1. The topological polar surface area (TPSA) is 137 Å². The van der Waals surface area contributed by atoms with Crippen LogP contribution in [-0.4, -0.2) is 52.4 Å². The Labute approximate surface area is 170 Å². The van der Waals surface area contributed by atoms with Crippen molar-refractivity contribution >= 4 is 40.2 Å². The van der Waals surface area contributed by atoms with Gasteiger partial charge in [0.15, 0.2) is 0 Å². The van der Waals surface area contributed by atoms with E-state index in [4.69, 9.17) is 9.47 Å². The van der Waals surface area contributed by atoms with Crippen LogP contribution < -0.4 is 5.32 Å². The number of carboxylic acid groups (broad SMARTS) is 1. The fraction of sp³-hybridized carbons (Fsp3) is 0.389. The molecule has 0 saturated heterocycles. The summed E-state index contributed by atoms with van der Waals surface area (Å²) in [6.45, 7) is 4.95. The number of hydrogen-bond acceptors (Lipinski definition) is 8. The molecule has 11 heteroatoms. The van der Waals surface area contributed by atoms with E-state index in [2.05, 4.69) is 10.4 Å². The lowest BCUT2D eigenvalue weighted by molar-refractivity contribution is -0.140. The Hall–Kier alpha value is -3.21. The highest BCUT2D eigenvalue weighted by Gasteiger charge is 2.28. The third-order valence-corrected chi connectivity index (χ3v) is 5.20. The van der Waals surface area contributed by atoms with Gasteiger partial charge in [0, 0.05) is 6.20 Å². The summed E-state index contributed by atoms with van der Waals surface area (Å²) in [6.07, 6.45) is 1.90. The first kappa shape index (κ1) is 22.1. The highest BCUT2D eigenvalue weighted by Crippen LogP contribution is 2.34. The van der Waals surface area contributed by atoms with E-state index in [0.29, 0.717) is 12.0 Å². The lowest BCUT2D eigenvalue weighted by Gasteiger charge is -2.12. The number of thiophene rings is 1. The number of nitrogens with zero attached hydrogens (tertiary/aromatic N) is 2. The van der Waals surface area contributed by atoms with Crippen LogP contribution in [0.5, 0.6) is 0 Å². The number of carboxylic acids is 1. The van der Waals surface area contributed by atoms with Gasteiger partial charge < -0.3 is 19.9 Å². The molecule has 156 valence electrons. The van der Waals surface area contributed by atoms with Crippen LogP contribution in [0.3, 0.4) is 0 Å². The van der Waals surface area contributed by atoms with E-state index in [9.17, 15) is 24.3 Å². The average Bonchev–Trinajstić information content (AvgIpc) is 3.29. The quantitative estimate of drug-likeness (QED) is 0.618. The first-order valence-corrected chi connectivity index (χ1v) is 9.51. The lowest BCUT2D eigenvalue weighted by atomic mass is 10.1. The zero-order chi connectivity index (χ0) is 21.7. The Morgan fingerprint density at radius 2 is 2.00 bits per heavy atom. The van der Waals surface area contributed by atoms with E-state index in [1.807, 2.05) is 6.92 Å². The van der Waals surface area contributed by atoms with Gasteiger partial charge in [0.25, 0.3) is 5.91 Å². The van der Waals surface area contributed by atoms with Crippen molar-refractivity contribution in [2.45, 2.75) is 33.2 Å². The van der Waals surface area contributed by atoms with Crippen molar-refractivity contribution in [2.24, 2.45) is 0 Å². The van der Waals surface area contributed by atoms with Crippen molar-refractivity contribution in [1.82, 2.24) is 9.78 Å². The number of hydrogen-bond donors (Lipinski definition) is 2.